The van der Waals surface area contributed by atoms with Gasteiger partial charge in [0.25, 0.3) is 0 Å². The van der Waals surface area contributed by atoms with Crippen LogP contribution < -0.4 is 0 Å². The predicted octanol–water partition coefficient (Wildman–Crippen LogP) is 1.69. The monoisotopic (exact) mass is 247 g/mol. The van der Waals surface area contributed by atoms with Crippen LogP contribution in [0.5, 0.6) is 0 Å². The first-order valence-corrected chi connectivity index (χ1v) is 5.91. The molecule has 0 aliphatic carbocycles. The fourth-order valence-corrected chi connectivity index (χ4v) is 1.55. The molecule has 0 spiro atoms. The third kappa shape index (κ3) is 2.65. The molecule has 1 atom stereocenters. The van der Waals surface area contributed by atoms with Crippen LogP contribution in [0.2, 0.25) is 0 Å². The summed E-state index contributed by atoms with van der Waals surface area (Å²) in [5, 5.41) is 9.28. The van der Waals surface area contributed by atoms with Gasteiger partial charge in [-0.2, -0.15) is 5.26 Å². The summed E-state index contributed by atoms with van der Waals surface area (Å²) in [6, 6.07) is 3.68. The highest BCUT2D eigenvalue weighted by Crippen LogP contribution is 2.23. The molecule has 1 rings (SSSR count). The van der Waals surface area contributed by atoms with Gasteiger partial charge in [0.15, 0.2) is 5.41 Å². The van der Waals surface area contributed by atoms with Gasteiger partial charge in [0.2, 0.25) is 0 Å². The first-order valence-electron chi connectivity index (χ1n) is 5.91. The van der Waals surface area contributed by atoms with Crippen LogP contribution in [0.1, 0.15) is 38.0 Å². The lowest BCUT2D eigenvalue weighted by molar-refractivity contribution is -0.147. The normalized spacial score (nSPS) is 13.5. The van der Waals surface area contributed by atoms with Gasteiger partial charge in [-0.3, -0.25) is 0 Å². The van der Waals surface area contributed by atoms with Crippen molar-refractivity contribution < 1.29 is 9.53 Å². The highest BCUT2D eigenvalue weighted by atomic mass is 16.5. The first-order chi connectivity index (χ1) is 8.47. The quantitative estimate of drug-likeness (QED) is 0.757. The summed E-state index contributed by atoms with van der Waals surface area (Å²) in [6.45, 7) is 7.16. The third-order valence-electron chi connectivity index (χ3n) is 2.67. The molecule has 0 fully saturated rings. The predicted molar refractivity (Wildman–Crippen MR) is 65.7 cm³/mol. The number of nitriles is 1. The Bertz CT molecular complexity index is 493. The van der Waals surface area contributed by atoms with E-state index in [1.807, 2.05) is 13.0 Å². The van der Waals surface area contributed by atoms with E-state index in [9.17, 15) is 10.1 Å². The van der Waals surface area contributed by atoms with E-state index in [2.05, 4.69) is 9.97 Å². The maximum atomic E-state index is 11.9. The van der Waals surface area contributed by atoms with Gasteiger partial charge in [0.05, 0.1) is 18.4 Å². The maximum Gasteiger partial charge on any atom is 0.332 e. The fraction of sp³-hybridized carbons (Fsp3) is 0.538. The molecule has 0 bridgehead atoms. The van der Waals surface area contributed by atoms with Crippen molar-refractivity contribution in [2.45, 2.75) is 39.5 Å². The zero-order valence-corrected chi connectivity index (χ0v) is 11.1. The second kappa shape index (κ2) is 5.58. The standard InChI is InChI=1S/C13H17N3O2/c1-5-10-7-11(16-9(3)15-10)13(4,8-14)12(17)18-6-2/h7H,5-6H2,1-4H3. The topological polar surface area (TPSA) is 75.9 Å². The molecule has 5 nitrogen and oxygen atoms in total. The number of aromatic nitrogens is 2. The van der Waals surface area contributed by atoms with E-state index in [4.69, 9.17) is 4.74 Å². The molecule has 18 heavy (non-hydrogen) atoms. The van der Waals surface area contributed by atoms with Gasteiger partial charge >= 0.3 is 5.97 Å². The Morgan fingerprint density at radius 2 is 2.17 bits per heavy atom. The lowest BCUT2D eigenvalue weighted by atomic mass is 9.88. The smallest absolute Gasteiger partial charge is 0.332 e. The van der Waals surface area contributed by atoms with E-state index in [1.54, 1.807) is 19.9 Å². The van der Waals surface area contributed by atoms with Crippen LogP contribution in [0, 0.1) is 18.3 Å². The van der Waals surface area contributed by atoms with Crippen LogP contribution >= 0.6 is 0 Å². The van der Waals surface area contributed by atoms with Crippen LogP contribution in [-0.4, -0.2) is 22.5 Å². The highest BCUT2D eigenvalue weighted by molar-refractivity contribution is 5.85. The minimum atomic E-state index is -1.38. The second-order valence-corrected chi connectivity index (χ2v) is 4.10. The Hall–Kier alpha value is -1.96. The molecule has 0 N–H and O–H groups in total. The molecule has 0 aliphatic rings. The average Bonchev–Trinajstić information content (AvgIpc) is 2.37. The van der Waals surface area contributed by atoms with Gasteiger partial charge < -0.3 is 4.74 Å². The maximum absolute atomic E-state index is 11.9. The average molecular weight is 247 g/mol. The second-order valence-electron chi connectivity index (χ2n) is 4.10. The number of ether oxygens (including phenoxy) is 1. The molecule has 1 aromatic rings. The Labute approximate surface area is 107 Å². The molecule has 0 aromatic carbocycles. The van der Waals surface area contributed by atoms with E-state index < -0.39 is 11.4 Å². The Morgan fingerprint density at radius 1 is 1.50 bits per heavy atom. The van der Waals surface area contributed by atoms with E-state index in [-0.39, 0.29) is 6.61 Å². The van der Waals surface area contributed by atoms with Crippen molar-refractivity contribution in [3.8, 4) is 6.07 Å². The van der Waals surface area contributed by atoms with Gasteiger partial charge in [-0.15, -0.1) is 0 Å². The summed E-state index contributed by atoms with van der Waals surface area (Å²) in [4.78, 5) is 20.3. The number of aryl methyl sites for hydroxylation is 2. The Balaban J connectivity index is 3.28. The first kappa shape index (κ1) is 14.1. The molecule has 0 saturated heterocycles. The number of carbonyl (C=O) groups excluding carboxylic acids is 1. The van der Waals surface area contributed by atoms with E-state index in [0.717, 1.165) is 12.1 Å². The van der Waals surface area contributed by atoms with Gasteiger partial charge in [-0.1, -0.05) is 6.92 Å². The van der Waals surface area contributed by atoms with Crippen molar-refractivity contribution in [3.05, 3.63) is 23.3 Å². The summed E-state index contributed by atoms with van der Waals surface area (Å²) in [5.41, 5.74) is -0.177. The molecule has 5 heteroatoms. The third-order valence-corrected chi connectivity index (χ3v) is 2.67. The van der Waals surface area contributed by atoms with Crippen molar-refractivity contribution in [1.29, 1.82) is 5.26 Å². The van der Waals surface area contributed by atoms with Gasteiger partial charge in [-0.05, 0) is 33.3 Å². The van der Waals surface area contributed by atoms with Crippen LogP contribution in [0.3, 0.4) is 0 Å². The van der Waals surface area contributed by atoms with Crippen molar-refractivity contribution >= 4 is 5.97 Å². The SMILES string of the molecule is CCOC(=O)C(C)(C#N)c1cc(CC)nc(C)n1. The minimum Gasteiger partial charge on any atom is -0.465 e. The van der Waals surface area contributed by atoms with Crippen LogP contribution in [0.25, 0.3) is 0 Å². The molecular formula is C13H17N3O2. The Kier molecular flexibility index (Phi) is 4.38. The van der Waals surface area contributed by atoms with Crippen LogP contribution in [0.4, 0.5) is 0 Å². The lowest BCUT2D eigenvalue weighted by Crippen LogP contribution is -2.34. The molecule has 0 saturated carbocycles. The molecule has 0 aliphatic heterocycles. The zero-order valence-electron chi connectivity index (χ0n) is 11.1. The van der Waals surface area contributed by atoms with Crippen molar-refractivity contribution in [2.75, 3.05) is 6.61 Å². The zero-order chi connectivity index (χ0) is 13.8. The minimum absolute atomic E-state index is 0.237. The molecule has 1 heterocycles. The van der Waals surface area contributed by atoms with Crippen molar-refractivity contribution in [1.82, 2.24) is 9.97 Å². The molecule has 1 unspecified atom stereocenters. The lowest BCUT2D eigenvalue weighted by Gasteiger charge is -2.19. The summed E-state index contributed by atoms with van der Waals surface area (Å²) in [6.07, 6.45) is 0.723. The number of hydrogen-bond donors (Lipinski definition) is 0. The summed E-state index contributed by atoms with van der Waals surface area (Å²) in [5.74, 6) is -0.0252. The number of rotatable bonds is 4. The molecule has 0 radical (unpaired) electrons. The number of nitrogens with zero attached hydrogens (tertiary/aromatic N) is 3. The Morgan fingerprint density at radius 3 is 2.67 bits per heavy atom. The van der Waals surface area contributed by atoms with Crippen molar-refractivity contribution in [3.63, 3.8) is 0 Å². The summed E-state index contributed by atoms with van der Waals surface area (Å²) in [7, 11) is 0. The van der Waals surface area contributed by atoms with Gasteiger partial charge in [0.1, 0.15) is 5.82 Å². The van der Waals surface area contributed by atoms with Gasteiger partial charge in [-0.25, -0.2) is 14.8 Å². The van der Waals surface area contributed by atoms with Gasteiger partial charge in [0, 0.05) is 5.69 Å². The summed E-state index contributed by atoms with van der Waals surface area (Å²) < 4.78 is 4.94. The van der Waals surface area contributed by atoms with Crippen LogP contribution in [-0.2, 0) is 21.4 Å². The van der Waals surface area contributed by atoms with E-state index >= 15 is 0 Å². The van der Waals surface area contributed by atoms with E-state index in [1.165, 1.54) is 6.92 Å². The largest absolute Gasteiger partial charge is 0.465 e. The molecule has 0 amide bonds. The molecule has 1 aromatic heterocycles. The van der Waals surface area contributed by atoms with Crippen LogP contribution in [0.15, 0.2) is 6.07 Å². The highest BCUT2D eigenvalue weighted by Gasteiger charge is 2.39. The van der Waals surface area contributed by atoms with Crippen molar-refractivity contribution in [2.24, 2.45) is 0 Å². The number of hydrogen-bond acceptors (Lipinski definition) is 5. The molecular weight excluding hydrogens is 230 g/mol. The fourth-order valence-electron chi connectivity index (χ4n) is 1.55. The summed E-state index contributed by atoms with van der Waals surface area (Å²) >= 11 is 0. The van der Waals surface area contributed by atoms with E-state index in [0.29, 0.717) is 11.5 Å². The number of carbonyl (C=O) groups is 1. The number of esters is 1. The molecule has 96 valence electrons.